The van der Waals surface area contributed by atoms with Crippen molar-refractivity contribution in [3.05, 3.63) is 64.7 Å². The molecule has 3 rings (SSSR count). The van der Waals surface area contributed by atoms with E-state index in [4.69, 9.17) is 11.6 Å². The van der Waals surface area contributed by atoms with Crippen molar-refractivity contribution in [2.45, 2.75) is 0 Å². The lowest BCUT2D eigenvalue weighted by atomic mass is 10.1. The lowest BCUT2D eigenvalue weighted by Gasteiger charge is -2.36. The van der Waals surface area contributed by atoms with Crippen molar-refractivity contribution < 1.29 is 13.6 Å². The molecule has 0 aliphatic carbocycles. The number of nitrogens with zero attached hydrogens (tertiary/aromatic N) is 2. The average Bonchev–Trinajstić information content (AvgIpc) is 2.55. The van der Waals surface area contributed by atoms with Crippen LogP contribution in [-0.4, -0.2) is 37.0 Å². The molecule has 0 spiro atoms. The van der Waals surface area contributed by atoms with Crippen LogP contribution >= 0.6 is 11.6 Å². The van der Waals surface area contributed by atoms with E-state index in [2.05, 4.69) is 0 Å². The lowest BCUT2D eigenvalue weighted by Crippen LogP contribution is -2.49. The number of amides is 1. The number of hydrogen-bond donors (Lipinski definition) is 0. The Bertz CT molecular complexity index is 730. The highest BCUT2D eigenvalue weighted by Crippen LogP contribution is 2.24. The molecule has 0 atom stereocenters. The maximum atomic E-state index is 14.0. The fourth-order valence-electron chi connectivity index (χ4n) is 2.69. The van der Waals surface area contributed by atoms with E-state index in [1.807, 2.05) is 4.90 Å². The summed E-state index contributed by atoms with van der Waals surface area (Å²) < 4.78 is 27.7. The summed E-state index contributed by atoms with van der Waals surface area (Å²) in [6, 6.07) is 10.5. The molecule has 1 aliphatic heterocycles. The molecule has 23 heavy (non-hydrogen) atoms. The maximum Gasteiger partial charge on any atom is 0.256 e. The zero-order valence-electron chi connectivity index (χ0n) is 12.3. The second kappa shape index (κ2) is 6.54. The molecule has 2 aromatic rings. The van der Waals surface area contributed by atoms with Crippen molar-refractivity contribution in [3.63, 3.8) is 0 Å². The Balaban J connectivity index is 1.69. The number of rotatable bonds is 2. The maximum absolute atomic E-state index is 14.0. The fraction of sp³-hybridized carbons (Fsp3) is 0.235. The monoisotopic (exact) mass is 336 g/mol. The summed E-state index contributed by atoms with van der Waals surface area (Å²) in [5.41, 5.74) is 0.533. The van der Waals surface area contributed by atoms with Crippen LogP contribution in [0.3, 0.4) is 0 Å². The molecule has 0 radical (unpaired) electrons. The number of piperazine rings is 1. The Morgan fingerprint density at radius 2 is 1.65 bits per heavy atom. The van der Waals surface area contributed by atoms with Gasteiger partial charge in [-0.15, -0.1) is 0 Å². The Morgan fingerprint density at radius 1 is 0.957 bits per heavy atom. The molecule has 6 heteroatoms. The van der Waals surface area contributed by atoms with Gasteiger partial charge in [-0.3, -0.25) is 4.79 Å². The van der Waals surface area contributed by atoms with Crippen LogP contribution in [0.5, 0.6) is 0 Å². The Hall–Kier alpha value is -2.14. The van der Waals surface area contributed by atoms with Gasteiger partial charge in [0, 0.05) is 31.2 Å². The second-order valence-electron chi connectivity index (χ2n) is 5.35. The van der Waals surface area contributed by atoms with Gasteiger partial charge in [0.25, 0.3) is 5.91 Å². The first-order chi connectivity index (χ1) is 11.1. The predicted molar refractivity (Wildman–Crippen MR) is 85.9 cm³/mol. The molecule has 1 heterocycles. The third-order valence-corrected chi connectivity index (χ3v) is 4.16. The molecule has 3 nitrogen and oxygen atoms in total. The van der Waals surface area contributed by atoms with Gasteiger partial charge in [0.05, 0.1) is 11.3 Å². The van der Waals surface area contributed by atoms with Crippen molar-refractivity contribution in [1.29, 1.82) is 0 Å². The molecular formula is C17H15ClF2N2O. The molecular weight excluding hydrogens is 322 g/mol. The average molecular weight is 337 g/mol. The highest BCUT2D eigenvalue weighted by Gasteiger charge is 2.25. The standard InChI is InChI=1S/C17H15ClF2N2O/c18-12-5-6-16(15(20)11-12)21-7-9-22(10-8-21)17(23)13-3-1-2-4-14(13)19/h1-6,11H,7-10H2. The number of halogens is 3. The predicted octanol–water partition coefficient (Wildman–Crippen LogP) is 3.58. The van der Waals surface area contributed by atoms with Gasteiger partial charge in [0.1, 0.15) is 11.6 Å². The summed E-state index contributed by atoms with van der Waals surface area (Å²) in [5, 5.41) is 0.347. The number of benzene rings is 2. The second-order valence-corrected chi connectivity index (χ2v) is 5.79. The first-order valence-electron chi connectivity index (χ1n) is 7.30. The molecule has 120 valence electrons. The van der Waals surface area contributed by atoms with Crippen LogP contribution < -0.4 is 4.90 Å². The van der Waals surface area contributed by atoms with E-state index in [-0.39, 0.29) is 17.3 Å². The summed E-state index contributed by atoms with van der Waals surface area (Å²) in [5.74, 6) is -1.24. The number of anilines is 1. The van der Waals surface area contributed by atoms with E-state index in [9.17, 15) is 13.6 Å². The Labute approximate surface area is 138 Å². The SMILES string of the molecule is O=C(c1ccccc1F)N1CCN(c2ccc(Cl)cc2F)CC1. The molecule has 1 fully saturated rings. The van der Waals surface area contributed by atoms with Crippen LogP contribution in [0.2, 0.25) is 5.02 Å². The normalized spacial score (nSPS) is 14.9. The third-order valence-electron chi connectivity index (χ3n) is 3.92. The van der Waals surface area contributed by atoms with Crippen LogP contribution in [0.1, 0.15) is 10.4 Å². The summed E-state index contributed by atoms with van der Waals surface area (Å²) in [6.45, 7) is 1.79. The van der Waals surface area contributed by atoms with Gasteiger partial charge in [0.15, 0.2) is 0 Å². The van der Waals surface area contributed by atoms with Gasteiger partial charge in [-0.25, -0.2) is 8.78 Å². The van der Waals surface area contributed by atoms with Gasteiger partial charge in [0.2, 0.25) is 0 Å². The van der Waals surface area contributed by atoms with Crippen molar-refractivity contribution in [3.8, 4) is 0 Å². The van der Waals surface area contributed by atoms with Crippen LogP contribution in [0.4, 0.5) is 14.5 Å². The minimum atomic E-state index is -0.524. The van der Waals surface area contributed by atoms with Crippen molar-refractivity contribution >= 4 is 23.2 Å². The quantitative estimate of drug-likeness (QED) is 0.837. The van der Waals surface area contributed by atoms with Crippen LogP contribution in [0.15, 0.2) is 42.5 Å². The zero-order chi connectivity index (χ0) is 16.4. The summed E-state index contributed by atoms with van der Waals surface area (Å²) in [4.78, 5) is 15.8. The van der Waals surface area contributed by atoms with Crippen LogP contribution in [0, 0.1) is 11.6 Å². The van der Waals surface area contributed by atoms with Gasteiger partial charge >= 0.3 is 0 Å². The summed E-state index contributed by atoms with van der Waals surface area (Å²) in [6.07, 6.45) is 0. The molecule has 0 unspecified atom stereocenters. The highest BCUT2D eigenvalue weighted by molar-refractivity contribution is 6.30. The van der Waals surface area contributed by atoms with E-state index < -0.39 is 5.82 Å². The van der Waals surface area contributed by atoms with E-state index in [0.717, 1.165) is 0 Å². The molecule has 0 bridgehead atoms. The summed E-state index contributed by atoms with van der Waals surface area (Å²) >= 11 is 5.76. The first-order valence-corrected chi connectivity index (χ1v) is 7.68. The molecule has 1 saturated heterocycles. The van der Waals surface area contributed by atoms with Gasteiger partial charge < -0.3 is 9.80 Å². The van der Waals surface area contributed by atoms with Gasteiger partial charge in [-0.05, 0) is 30.3 Å². The highest BCUT2D eigenvalue weighted by atomic mass is 35.5. The number of carbonyl (C=O) groups is 1. The number of hydrogen-bond acceptors (Lipinski definition) is 2. The Morgan fingerprint density at radius 3 is 2.30 bits per heavy atom. The van der Waals surface area contributed by atoms with Crippen molar-refractivity contribution in [2.75, 3.05) is 31.1 Å². The largest absolute Gasteiger partial charge is 0.366 e. The van der Waals surface area contributed by atoms with Crippen molar-refractivity contribution in [1.82, 2.24) is 4.90 Å². The van der Waals surface area contributed by atoms with E-state index in [1.54, 1.807) is 29.2 Å². The van der Waals surface area contributed by atoms with Gasteiger partial charge in [-0.1, -0.05) is 23.7 Å². The third kappa shape index (κ3) is 3.29. The molecule has 1 aliphatic rings. The van der Waals surface area contributed by atoms with Crippen LogP contribution in [-0.2, 0) is 0 Å². The molecule has 2 aromatic carbocycles. The number of carbonyl (C=O) groups excluding carboxylic acids is 1. The minimum Gasteiger partial charge on any atom is -0.366 e. The van der Waals surface area contributed by atoms with E-state index >= 15 is 0 Å². The van der Waals surface area contributed by atoms with E-state index in [0.29, 0.717) is 36.9 Å². The Kier molecular flexibility index (Phi) is 4.48. The zero-order valence-corrected chi connectivity index (χ0v) is 13.1. The lowest BCUT2D eigenvalue weighted by molar-refractivity contribution is 0.0742. The van der Waals surface area contributed by atoms with Crippen molar-refractivity contribution in [2.24, 2.45) is 0 Å². The fourth-order valence-corrected chi connectivity index (χ4v) is 2.85. The summed E-state index contributed by atoms with van der Waals surface area (Å²) in [7, 11) is 0. The van der Waals surface area contributed by atoms with Gasteiger partial charge in [-0.2, -0.15) is 0 Å². The minimum absolute atomic E-state index is 0.0682. The molecule has 1 amide bonds. The molecule has 0 saturated carbocycles. The smallest absolute Gasteiger partial charge is 0.256 e. The molecule has 0 aromatic heterocycles. The topological polar surface area (TPSA) is 23.6 Å². The van der Waals surface area contributed by atoms with E-state index in [1.165, 1.54) is 18.2 Å². The molecule has 0 N–H and O–H groups in total. The van der Waals surface area contributed by atoms with Crippen LogP contribution in [0.25, 0.3) is 0 Å². The first kappa shape index (κ1) is 15.7.